The third kappa shape index (κ3) is 9.23. The molecule has 0 aliphatic carbocycles. The lowest BCUT2D eigenvalue weighted by Crippen LogP contribution is -2.46. The van der Waals surface area contributed by atoms with Crippen molar-refractivity contribution in [2.75, 3.05) is 52.4 Å². The van der Waals surface area contributed by atoms with E-state index in [1.807, 2.05) is 20.2 Å². The van der Waals surface area contributed by atoms with Crippen LogP contribution in [0.4, 0.5) is 0 Å². The fourth-order valence-corrected chi connectivity index (χ4v) is 3.89. The molecule has 1 atom stereocenters. The van der Waals surface area contributed by atoms with Gasteiger partial charge in [0.1, 0.15) is 5.60 Å². The summed E-state index contributed by atoms with van der Waals surface area (Å²) in [5.41, 5.74) is 1.12. The molecule has 0 saturated carbocycles. The van der Waals surface area contributed by atoms with Gasteiger partial charge in [0.15, 0.2) is 5.96 Å². The number of aryl methyl sites for hydroxylation is 1. The van der Waals surface area contributed by atoms with E-state index < -0.39 is 5.60 Å². The number of nitrogens with zero attached hydrogens (tertiary/aromatic N) is 5. The Morgan fingerprint density at radius 1 is 1.12 bits per heavy atom. The maximum Gasteiger partial charge on any atom is 0.191 e. The van der Waals surface area contributed by atoms with Gasteiger partial charge in [0, 0.05) is 64.6 Å². The molecule has 33 heavy (non-hydrogen) atoms. The summed E-state index contributed by atoms with van der Waals surface area (Å²) in [6, 6.07) is 10.7. The highest BCUT2D eigenvalue weighted by Gasteiger charge is 2.24. The maximum absolute atomic E-state index is 10.7. The molecule has 9 heteroatoms. The molecule has 1 aliphatic rings. The first-order valence-corrected chi connectivity index (χ1v) is 11.7. The van der Waals surface area contributed by atoms with E-state index in [0.29, 0.717) is 0 Å². The van der Waals surface area contributed by atoms with Gasteiger partial charge in [-0.15, -0.1) is 24.0 Å². The van der Waals surface area contributed by atoms with Crippen molar-refractivity contribution in [3.05, 3.63) is 53.9 Å². The van der Waals surface area contributed by atoms with Crippen molar-refractivity contribution in [2.24, 2.45) is 12.0 Å². The summed E-state index contributed by atoms with van der Waals surface area (Å²) in [6.07, 6.45) is 4.58. The van der Waals surface area contributed by atoms with Crippen molar-refractivity contribution in [2.45, 2.75) is 32.4 Å². The van der Waals surface area contributed by atoms with E-state index in [9.17, 15) is 5.11 Å². The van der Waals surface area contributed by atoms with E-state index in [0.717, 1.165) is 70.3 Å². The van der Waals surface area contributed by atoms with Crippen molar-refractivity contribution >= 4 is 29.9 Å². The zero-order chi connectivity index (χ0) is 22.8. The van der Waals surface area contributed by atoms with E-state index >= 15 is 0 Å². The monoisotopic (exact) mass is 569 g/mol. The lowest BCUT2D eigenvalue weighted by molar-refractivity contribution is 0.0672. The average Bonchev–Trinajstić information content (AvgIpc) is 3.24. The lowest BCUT2D eigenvalue weighted by Gasteiger charge is -2.34. The summed E-state index contributed by atoms with van der Waals surface area (Å²) in [5.74, 6) is 0.740. The molecule has 0 spiro atoms. The Morgan fingerprint density at radius 2 is 1.82 bits per heavy atom. The Morgan fingerprint density at radius 3 is 2.45 bits per heavy atom. The highest BCUT2D eigenvalue weighted by Crippen LogP contribution is 2.19. The van der Waals surface area contributed by atoms with Crippen molar-refractivity contribution in [1.29, 1.82) is 0 Å². The van der Waals surface area contributed by atoms with Gasteiger partial charge in [0.2, 0.25) is 0 Å². The van der Waals surface area contributed by atoms with Crippen LogP contribution in [0.1, 0.15) is 31.4 Å². The highest BCUT2D eigenvalue weighted by atomic mass is 127. The van der Waals surface area contributed by atoms with E-state index in [1.165, 1.54) is 5.56 Å². The second-order valence-corrected chi connectivity index (χ2v) is 8.76. The third-order valence-corrected chi connectivity index (χ3v) is 5.87. The van der Waals surface area contributed by atoms with Crippen molar-refractivity contribution in [1.82, 2.24) is 30.2 Å². The van der Waals surface area contributed by atoms with Gasteiger partial charge >= 0.3 is 0 Å². The summed E-state index contributed by atoms with van der Waals surface area (Å²) in [6.45, 7) is 12.3. The molecule has 3 N–H and O–H groups in total. The second-order valence-electron chi connectivity index (χ2n) is 8.76. The van der Waals surface area contributed by atoms with E-state index in [4.69, 9.17) is 0 Å². The van der Waals surface area contributed by atoms with Gasteiger partial charge in [0.25, 0.3) is 0 Å². The molecule has 8 nitrogen and oxygen atoms in total. The van der Waals surface area contributed by atoms with Crippen LogP contribution < -0.4 is 10.6 Å². The van der Waals surface area contributed by atoms with Crippen molar-refractivity contribution in [3.63, 3.8) is 0 Å². The quantitative estimate of drug-likeness (QED) is 0.176. The van der Waals surface area contributed by atoms with Gasteiger partial charge in [-0.1, -0.05) is 30.3 Å². The molecule has 0 amide bonds. The number of aliphatic hydroxyl groups is 1. The molecule has 0 radical (unpaired) electrons. The Labute approximate surface area is 215 Å². The number of piperazine rings is 1. The Kier molecular flexibility index (Phi) is 11.6. The van der Waals surface area contributed by atoms with Gasteiger partial charge in [0.05, 0.1) is 12.7 Å². The number of benzene rings is 1. The van der Waals surface area contributed by atoms with Gasteiger partial charge in [-0.3, -0.25) is 9.58 Å². The molecule has 3 rings (SSSR count). The highest BCUT2D eigenvalue weighted by molar-refractivity contribution is 14.0. The number of hydrogen-bond acceptors (Lipinski definition) is 5. The minimum atomic E-state index is -1.05. The molecular formula is C24H40IN7O. The minimum Gasteiger partial charge on any atom is -0.383 e. The number of rotatable bonds is 10. The fraction of sp³-hybridized carbons (Fsp3) is 0.583. The van der Waals surface area contributed by atoms with E-state index in [-0.39, 0.29) is 30.5 Å². The predicted octanol–water partition coefficient (Wildman–Crippen LogP) is 2.01. The smallest absolute Gasteiger partial charge is 0.191 e. The first-order chi connectivity index (χ1) is 15.5. The molecule has 1 saturated heterocycles. The molecule has 184 valence electrons. The van der Waals surface area contributed by atoms with Crippen LogP contribution in [0, 0.1) is 0 Å². The molecule has 1 unspecified atom stereocenters. The fourth-order valence-electron chi connectivity index (χ4n) is 3.89. The minimum absolute atomic E-state index is 0. The SMILES string of the molecule is CCNC(=NCC(C)(O)c1cnn(C)c1)NCCCN1CCN(Cc2ccccc2)CC1.I. The first-order valence-electron chi connectivity index (χ1n) is 11.7. The standard InChI is InChI=1S/C24H39N7O.HI/c1-4-25-23(27-20-24(2,32)22-17-28-29(3)19-22)26-11-8-12-30-13-15-31(16-14-30)18-21-9-6-5-7-10-21;/h5-7,9-10,17,19,32H,4,8,11-16,18,20H2,1-3H3,(H2,25,26,27);1H. The summed E-state index contributed by atoms with van der Waals surface area (Å²) < 4.78 is 1.69. The second kappa shape index (κ2) is 13.9. The predicted molar refractivity (Wildman–Crippen MR) is 145 cm³/mol. The molecule has 0 bridgehead atoms. The number of nitrogens with one attached hydrogen (secondary N) is 2. The largest absolute Gasteiger partial charge is 0.383 e. The third-order valence-electron chi connectivity index (χ3n) is 5.87. The van der Waals surface area contributed by atoms with Crippen LogP contribution in [-0.4, -0.2) is 83.0 Å². The van der Waals surface area contributed by atoms with Crippen molar-refractivity contribution in [3.8, 4) is 0 Å². The van der Waals surface area contributed by atoms with Crippen LogP contribution in [0.2, 0.25) is 0 Å². The number of aliphatic imine (C=N–C) groups is 1. The molecule has 1 aliphatic heterocycles. The van der Waals surface area contributed by atoms with Gasteiger partial charge in [-0.05, 0) is 32.4 Å². The molecule has 2 heterocycles. The topological polar surface area (TPSA) is 80.9 Å². The lowest BCUT2D eigenvalue weighted by atomic mass is 10.0. The van der Waals surface area contributed by atoms with Gasteiger partial charge in [-0.2, -0.15) is 5.10 Å². The van der Waals surface area contributed by atoms with Crippen LogP contribution in [0.3, 0.4) is 0 Å². The van der Waals surface area contributed by atoms with Crippen LogP contribution in [-0.2, 0) is 19.2 Å². The number of hydrogen-bond donors (Lipinski definition) is 3. The molecule has 1 aromatic carbocycles. The molecule has 2 aromatic rings. The Hall–Kier alpha value is -1.69. The molecular weight excluding hydrogens is 529 g/mol. The van der Waals surface area contributed by atoms with E-state index in [2.05, 4.69) is 60.9 Å². The van der Waals surface area contributed by atoms with E-state index in [1.54, 1.807) is 17.8 Å². The van der Waals surface area contributed by atoms with Crippen molar-refractivity contribution < 1.29 is 5.11 Å². The summed E-state index contributed by atoms with van der Waals surface area (Å²) in [7, 11) is 1.84. The maximum atomic E-state index is 10.7. The molecule has 1 fully saturated rings. The summed E-state index contributed by atoms with van der Waals surface area (Å²) in [4.78, 5) is 9.67. The van der Waals surface area contributed by atoms with Gasteiger partial charge in [-0.25, -0.2) is 4.99 Å². The van der Waals surface area contributed by atoms with Crippen LogP contribution in [0.25, 0.3) is 0 Å². The first kappa shape index (κ1) is 27.6. The summed E-state index contributed by atoms with van der Waals surface area (Å²) in [5, 5.41) is 21.6. The number of halogens is 1. The van der Waals surface area contributed by atoms with Gasteiger partial charge < -0.3 is 20.6 Å². The van der Waals surface area contributed by atoms with Crippen LogP contribution in [0.5, 0.6) is 0 Å². The normalized spacial score (nSPS) is 17.3. The Bertz CT molecular complexity index is 832. The molecule has 1 aromatic heterocycles. The average molecular weight is 570 g/mol. The zero-order valence-corrected chi connectivity index (χ0v) is 22.5. The Balaban J connectivity index is 0.00000385. The van der Waals surface area contributed by atoms with Crippen LogP contribution in [0.15, 0.2) is 47.7 Å². The number of aromatic nitrogens is 2. The zero-order valence-electron chi connectivity index (χ0n) is 20.2. The van der Waals surface area contributed by atoms with Crippen LogP contribution >= 0.6 is 24.0 Å². The summed E-state index contributed by atoms with van der Waals surface area (Å²) >= 11 is 0. The number of guanidine groups is 1.